The number of nitrogens with zero attached hydrogens (tertiary/aromatic N) is 2. The van der Waals surface area contributed by atoms with Gasteiger partial charge in [0.25, 0.3) is 0 Å². The molecule has 0 N–H and O–H groups in total. The third kappa shape index (κ3) is 3.10. The van der Waals surface area contributed by atoms with Crippen LogP contribution in [-0.2, 0) is 0 Å². The molecule has 1 aromatic heterocycles. The fourth-order valence-corrected chi connectivity index (χ4v) is 2.32. The molecule has 2 rings (SSSR count). The van der Waals surface area contributed by atoms with Crippen LogP contribution in [0.3, 0.4) is 0 Å². The van der Waals surface area contributed by atoms with E-state index in [2.05, 4.69) is 23.8 Å². The minimum absolute atomic E-state index is 0.329. The van der Waals surface area contributed by atoms with Crippen LogP contribution in [0.1, 0.15) is 37.9 Å². The monoisotopic (exact) mass is 290 g/mol. The summed E-state index contributed by atoms with van der Waals surface area (Å²) in [6.45, 7) is 8.80. The molecule has 0 atom stereocenters. The van der Waals surface area contributed by atoms with Crippen molar-refractivity contribution in [2.24, 2.45) is 0 Å². The Morgan fingerprint density at radius 3 is 2.35 bits per heavy atom. The average Bonchev–Trinajstić information content (AvgIpc) is 2.38. The van der Waals surface area contributed by atoms with Crippen LogP contribution in [0.4, 0.5) is 0 Å². The lowest BCUT2D eigenvalue weighted by Crippen LogP contribution is -2.06. The van der Waals surface area contributed by atoms with Gasteiger partial charge >= 0.3 is 0 Å². The lowest BCUT2D eigenvalue weighted by molar-refractivity contribution is 0.320. The molecule has 0 aliphatic rings. The van der Waals surface area contributed by atoms with Crippen LogP contribution in [0, 0.1) is 6.92 Å². The summed E-state index contributed by atoms with van der Waals surface area (Å²) in [5, 5.41) is 0.703. The molecule has 1 heterocycles. The van der Waals surface area contributed by atoms with E-state index in [0.29, 0.717) is 29.3 Å². The summed E-state index contributed by atoms with van der Waals surface area (Å²) in [7, 11) is 0. The zero-order valence-corrected chi connectivity index (χ0v) is 13.0. The summed E-state index contributed by atoms with van der Waals surface area (Å²) in [5.41, 5.74) is 2.97. The molecule has 0 spiro atoms. The largest absolute Gasteiger partial charge is 0.478 e. The summed E-state index contributed by atoms with van der Waals surface area (Å²) < 4.78 is 5.69. The Balaban J connectivity index is 2.53. The van der Waals surface area contributed by atoms with Crippen LogP contribution < -0.4 is 4.74 Å². The first kappa shape index (κ1) is 14.8. The Morgan fingerprint density at radius 1 is 1.15 bits per heavy atom. The molecule has 0 aliphatic heterocycles. The summed E-state index contributed by atoms with van der Waals surface area (Å²) >= 11 is 5.91. The molecule has 20 heavy (non-hydrogen) atoms. The number of halogens is 1. The van der Waals surface area contributed by atoms with Crippen LogP contribution in [-0.4, -0.2) is 16.6 Å². The van der Waals surface area contributed by atoms with E-state index in [4.69, 9.17) is 16.3 Å². The predicted octanol–water partition coefficient (Wildman–Crippen LogP) is 4.63. The van der Waals surface area contributed by atoms with Crippen molar-refractivity contribution in [3.63, 3.8) is 0 Å². The molecule has 106 valence electrons. The van der Waals surface area contributed by atoms with Crippen molar-refractivity contribution in [2.45, 2.75) is 33.6 Å². The van der Waals surface area contributed by atoms with Gasteiger partial charge in [-0.05, 0) is 44.0 Å². The molecule has 0 aliphatic carbocycles. The van der Waals surface area contributed by atoms with Gasteiger partial charge in [-0.2, -0.15) is 4.98 Å². The SMILES string of the molecule is CCOc1nc(-c2ccc(Cl)cc2)nc(C)c1C(C)C. The molecular formula is C16H19ClN2O. The van der Waals surface area contributed by atoms with Crippen LogP contribution >= 0.6 is 11.6 Å². The second-order valence-corrected chi connectivity index (χ2v) is 5.38. The zero-order chi connectivity index (χ0) is 14.7. The minimum atomic E-state index is 0.329. The van der Waals surface area contributed by atoms with Gasteiger partial charge in [-0.25, -0.2) is 4.98 Å². The first-order valence-corrected chi connectivity index (χ1v) is 7.18. The highest BCUT2D eigenvalue weighted by molar-refractivity contribution is 6.30. The van der Waals surface area contributed by atoms with Crippen LogP contribution in [0.15, 0.2) is 24.3 Å². The van der Waals surface area contributed by atoms with E-state index in [0.717, 1.165) is 16.8 Å². The second kappa shape index (κ2) is 6.23. The lowest BCUT2D eigenvalue weighted by Gasteiger charge is -2.15. The number of hydrogen-bond acceptors (Lipinski definition) is 3. The number of aryl methyl sites for hydroxylation is 1. The molecular weight excluding hydrogens is 272 g/mol. The predicted molar refractivity (Wildman–Crippen MR) is 82.5 cm³/mol. The Bertz CT molecular complexity index is 594. The highest BCUT2D eigenvalue weighted by Crippen LogP contribution is 2.30. The topological polar surface area (TPSA) is 35.0 Å². The molecule has 1 aromatic carbocycles. The van der Waals surface area contributed by atoms with Crippen molar-refractivity contribution in [3.05, 3.63) is 40.5 Å². The van der Waals surface area contributed by atoms with Gasteiger partial charge in [0.1, 0.15) is 0 Å². The van der Waals surface area contributed by atoms with Gasteiger partial charge in [0.2, 0.25) is 5.88 Å². The first-order chi connectivity index (χ1) is 9.52. The van der Waals surface area contributed by atoms with Gasteiger partial charge in [0, 0.05) is 21.8 Å². The maximum Gasteiger partial charge on any atom is 0.220 e. The second-order valence-electron chi connectivity index (χ2n) is 4.95. The fraction of sp³-hybridized carbons (Fsp3) is 0.375. The molecule has 0 amide bonds. The van der Waals surface area contributed by atoms with Crippen LogP contribution in [0.25, 0.3) is 11.4 Å². The van der Waals surface area contributed by atoms with Crippen molar-refractivity contribution in [1.82, 2.24) is 9.97 Å². The Morgan fingerprint density at radius 2 is 1.80 bits per heavy atom. The summed E-state index contributed by atoms with van der Waals surface area (Å²) in [5.74, 6) is 1.68. The maximum absolute atomic E-state index is 5.91. The molecule has 4 heteroatoms. The van der Waals surface area contributed by atoms with Crippen LogP contribution in [0.5, 0.6) is 5.88 Å². The van der Waals surface area contributed by atoms with Crippen LogP contribution in [0.2, 0.25) is 5.02 Å². The number of benzene rings is 1. The third-order valence-electron chi connectivity index (χ3n) is 3.06. The van der Waals surface area contributed by atoms with Crippen molar-refractivity contribution in [3.8, 4) is 17.3 Å². The summed E-state index contributed by atoms with van der Waals surface area (Å²) in [4.78, 5) is 9.17. The van der Waals surface area contributed by atoms with Crippen molar-refractivity contribution < 1.29 is 4.74 Å². The summed E-state index contributed by atoms with van der Waals surface area (Å²) in [6, 6.07) is 7.52. The van der Waals surface area contributed by atoms with Gasteiger partial charge < -0.3 is 4.74 Å². The van der Waals surface area contributed by atoms with Gasteiger partial charge in [0.15, 0.2) is 5.82 Å². The van der Waals surface area contributed by atoms with E-state index >= 15 is 0 Å². The molecule has 0 bridgehead atoms. The normalized spacial score (nSPS) is 10.9. The quantitative estimate of drug-likeness (QED) is 0.823. The highest BCUT2D eigenvalue weighted by Gasteiger charge is 2.16. The number of rotatable bonds is 4. The van der Waals surface area contributed by atoms with Crippen molar-refractivity contribution >= 4 is 11.6 Å². The van der Waals surface area contributed by atoms with Gasteiger partial charge in [-0.15, -0.1) is 0 Å². The highest BCUT2D eigenvalue weighted by atomic mass is 35.5. The maximum atomic E-state index is 5.91. The minimum Gasteiger partial charge on any atom is -0.478 e. The van der Waals surface area contributed by atoms with E-state index in [1.807, 2.05) is 38.1 Å². The number of hydrogen-bond donors (Lipinski definition) is 0. The first-order valence-electron chi connectivity index (χ1n) is 6.80. The van der Waals surface area contributed by atoms with Gasteiger partial charge in [0.05, 0.1) is 6.61 Å². The van der Waals surface area contributed by atoms with E-state index < -0.39 is 0 Å². The number of aromatic nitrogens is 2. The van der Waals surface area contributed by atoms with E-state index in [-0.39, 0.29) is 0 Å². The van der Waals surface area contributed by atoms with E-state index in [1.54, 1.807) is 0 Å². The lowest BCUT2D eigenvalue weighted by atomic mass is 10.0. The van der Waals surface area contributed by atoms with Gasteiger partial charge in [-0.1, -0.05) is 25.4 Å². The third-order valence-corrected chi connectivity index (χ3v) is 3.31. The summed E-state index contributed by atoms with van der Waals surface area (Å²) in [6.07, 6.45) is 0. The van der Waals surface area contributed by atoms with Crippen molar-refractivity contribution in [2.75, 3.05) is 6.61 Å². The smallest absolute Gasteiger partial charge is 0.220 e. The van der Waals surface area contributed by atoms with Crippen molar-refractivity contribution in [1.29, 1.82) is 0 Å². The standard InChI is InChI=1S/C16H19ClN2O/c1-5-20-16-14(10(2)3)11(4)18-15(19-16)12-6-8-13(17)9-7-12/h6-10H,5H2,1-4H3. The molecule has 0 unspecified atom stereocenters. The Kier molecular flexibility index (Phi) is 4.61. The van der Waals surface area contributed by atoms with E-state index in [1.165, 1.54) is 0 Å². The Labute approximate surface area is 125 Å². The molecule has 0 radical (unpaired) electrons. The number of ether oxygens (including phenoxy) is 1. The Hall–Kier alpha value is -1.61. The fourth-order valence-electron chi connectivity index (χ4n) is 2.19. The molecule has 3 nitrogen and oxygen atoms in total. The zero-order valence-electron chi connectivity index (χ0n) is 12.3. The molecule has 2 aromatic rings. The average molecular weight is 291 g/mol. The van der Waals surface area contributed by atoms with Gasteiger partial charge in [-0.3, -0.25) is 0 Å². The van der Waals surface area contributed by atoms with E-state index in [9.17, 15) is 0 Å². The molecule has 0 saturated heterocycles. The molecule has 0 saturated carbocycles. The molecule has 0 fully saturated rings.